The van der Waals surface area contributed by atoms with Crippen molar-refractivity contribution in [3.05, 3.63) is 29.8 Å². The Balaban J connectivity index is 1.20. The lowest BCUT2D eigenvalue weighted by Crippen LogP contribution is -2.41. The molecule has 2 amide bonds. The van der Waals surface area contributed by atoms with Gasteiger partial charge in [0.2, 0.25) is 0 Å². The average Bonchev–Trinajstić information content (AvgIpc) is 3.25. The minimum absolute atomic E-state index is 0.0166. The second kappa shape index (κ2) is 8.89. The molecule has 1 saturated heterocycles. The summed E-state index contributed by atoms with van der Waals surface area (Å²) < 4.78 is 16.8. The fourth-order valence-electron chi connectivity index (χ4n) is 3.00. The summed E-state index contributed by atoms with van der Waals surface area (Å²) in [6.45, 7) is 3.26. The van der Waals surface area contributed by atoms with Crippen molar-refractivity contribution in [3.63, 3.8) is 0 Å². The van der Waals surface area contributed by atoms with Gasteiger partial charge in [-0.15, -0.1) is 0 Å². The van der Waals surface area contributed by atoms with Gasteiger partial charge in [-0.25, -0.2) is 4.79 Å². The largest absolute Gasteiger partial charge is 0.488 e. The molecule has 0 unspecified atom stereocenters. The molecule has 1 aromatic rings. The van der Waals surface area contributed by atoms with Crippen LogP contribution in [0, 0.1) is 0 Å². The van der Waals surface area contributed by atoms with E-state index in [9.17, 15) is 4.79 Å². The highest BCUT2D eigenvalue weighted by atomic mass is 16.5. The molecule has 3 rings (SSSR count). The molecular formula is C18H26N2O4. The van der Waals surface area contributed by atoms with Crippen LogP contribution < -0.4 is 15.4 Å². The topological polar surface area (TPSA) is 68.8 Å². The Morgan fingerprint density at radius 1 is 1.25 bits per heavy atom. The molecule has 6 nitrogen and oxygen atoms in total. The highest BCUT2D eigenvalue weighted by Crippen LogP contribution is 2.27. The van der Waals surface area contributed by atoms with Gasteiger partial charge in [0, 0.05) is 26.2 Å². The van der Waals surface area contributed by atoms with Crippen LogP contribution in [-0.2, 0) is 15.9 Å². The maximum Gasteiger partial charge on any atom is 0.314 e. The summed E-state index contributed by atoms with van der Waals surface area (Å²) in [4.78, 5) is 11.8. The van der Waals surface area contributed by atoms with Crippen molar-refractivity contribution in [2.75, 3.05) is 32.9 Å². The van der Waals surface area contributed by atoms with Gasteiger partial charge in [-0.05, 0) is 30.9 Å². The summed E-state index contributed by atoms with van der Waals surface area (Å²) in [5.41, 5.74) is 1.20. The molecule has 0 saturated carbocycles. The van der Waals surface area contributed by atoms with Gasteiger partial charge in [-0.3, -0.25) is 0 Å². The third kappa shape index (κ3) is 5.11. The Morgan fingerprint density at radius 2 is 2.17 bits per heavy atom. The zero-order valence-electron chi connectivity index (χ0n) is 14.0. The van der Waals surface area contributed by atoms with Gasteiger partial charge in [-0.2, -0.15) is 0 Å². The van der Waals surface area contributed by atoms with Gasteiger partial charge in [0.05, 0.1) is 19.3 Å². The molecule has 6 heteroatoms. The van der Waals surface area contributed by atoms with E-state index in [2.05, 4.69) is 16.7 Å². The van der Waals surface area contributed by atoms with E-state index in [1.807, 2.05) is 18.2 Å². The smallest absolute Gasteiger partial charge is 0.314 e. The van der Waals surface area contributed by atoms with Crippen molar-refractivity contribution in [2.45, 2.75) is 37.9 Å². The minimum atomic E-state index is -0.159. The fraction of sp³-hybridized carbons (Fsp3) is 0.611. The number of para-hydroxylation sites is 1. The van der Waals surface area contributed by atoms with Crippen LogP contribution in [0.2, 0.25) is 0 Å². The minimum Gasteiger partial charge on any atom is -0.488 e. The quantitative estimate of drug-likeness (QED) is 0.712. The summed E-state index contributed by atoms with van der Waals surface area (Å²) in [5.74, 6) is 0.924. The van der Waals surface area contributed by atoms with Crippen molar-refractivity contribution in [3.8, 4) is 5.75 Å². The second-order valence-electron chi connectivity index (χ2n) is 6.25. The standard InChI is InChI=1S/C18H26N2O4/c21-18(19-8-4-9-22-13-15-6-3-10-23-15)20-12-16-11-14-5-1-2-7-17(14)24-16/h1-2,5,7,15-16H,3-4,6,8-13H2,(H2,19,20,21)/t15-,16-/m0/s1. The number of hydrogen-bond donors (Lipinski definition) is 2. The Kier molecular flexibility index (Phi) is 6.32. The highest BCUT2D eigenvalue weighted by molar-refractivity contribution is 5.73. The number of benzene rings is 1. The number of carbonyl (C=O) groups is 1. The van der Waals surface area contributed by atoms with Crippen molar-refractivity contribution in [1.29, 1.82) is 0 Å². The normalized spacial score (nSPS) is 22.0. The van der Waals surface area contributed by atoms with Crippen LogP contribution in [0.3, 0.4) is 0 Å². The average molecular weight is 334 g/mol. The molecule has 2 heterocycles. The van der Waals surface area contributed by atoms with Crippen molar-refractivity contribution < 1.29 is 19.0 Å². The molecule has 2 atom stereocenters. The number of ether oxygens (including phenoxy) is 3. The first-order chi connectivity index (χ1) is 11.8. The van der Waals surface area contributed by atoms with E-state index in [1.54, 1.807) is 0 Å². The monoisotopic (exact) mass is 334 g/mol. The zero-order chi connectivity index (χ0) is 16.6. The first-order valence-electron chi connectivity index (χ1n) is 8.77. The molecule has 2 N–H and O–H groups in total. The summed E-state index contributed by atoms with van der Waals surface area (Å²) in [5, 5.41) is 5.70. The maximum absolute atomic E-state index is 11.8. The molecule has 2 aliphatic rings. The number of urea groups is 1. The maximum atomic E-state index is 11.8. The van der Waals surface area contributed by atoms with Gasteiger partial charge < -0.3 is 24.8 Å². The molecule has 0 radical (unpaired) electrons. The Bertz CT molecular complexity index is 507. The van der Waals surface area contributed by atoms with Crippen LogP contribution in [-0.4, -0.2) is 51.1 Å². The summed E-state index contributed by atoms with van der Waals surface area (Å²) >= 11 is 0. The van der Waals surface area contributed by atoms with Gasteiger partial charge in [0.15, 0.2) is 0 Å². The second-order valence-corrected chi connectivity index (χ2v) is 6.25. The van der Waals surface area contributed by atoms with Crippen molar-refractivity contribution >= 4 is 6.03 Å². The molecule has 0 spiro atoms. The van der Waals surface area contributed by atoms with Crippen molar-refractivity contribution in [2.24, 2.45) is 0 Å². The lowest BCUT2D eigenvalue weighted by Gasteiger charge is -2.13. The first kappa shape index (κ1) is 17.0. The highest BCUT2D eigenvalue weighted by Gasteiger charge is 2.22. The molecule has 1 aromatic carbocycles. The zero-order valence-corrected chi connectivity index (χ0v) is 14.0. The van der Waals surface area contributed by atoms with E-state index in [4.69, 9.17) is 14.2 Å². The molecule has 0 bridgehead atoms. The van der Waals surface area contributed by atoms with E-state index >= 15 is 0 Å². The van der Waals surface area contributed by atoms with Crippen LogP contribution in [0.15, 0.2) is 24.3 Å². The Morgan fingerprint density at radius 3 is 3.00 bits per heavy atom. The van der Waals surface area contributed by atoms with Gasteiger partial charge in [0.25, 0.3) is 0 Å². The number of hydrogen-bond acceptors (Lipinski definition) is 4. The summed E-state index contributed by atoms with van der Waals surface area (Å²) in [6.07, 6.45) is 4.14. The summed E-state index contributed by atoms with van der Waals surface area (Å²) in [6, 6.07) is 7.83. The first-order valence-corrected chi connectivity index (χ1v) is 8.77. The fourth-order valence-corrected chi connectivity index (χ4v) is 3.00. The molecule has 2 aliphatic heterocycles. The number of rotatable bonds is 8. The third-order valence-corrected chi connectivity index (χ3v) is 4.28. The molecule has 0 aromatic heterocycles. The van der Waals surface area contributed by atoms with Crippen LogP contribution in [0.25, 0.3) is 0 Å². The number of carbonyl (C=O) groups excluding carboxylic acids is 1. The van der Waals surface area contributed by atoms with Crippen molar-refractivity contribution in [1.82, 2.24) is 10.6 Å². The number of nitrogens with one attached hydrogen (secondary N) is 2. The molecule has 0 aliphatic carbocycles. The predicted molar refractivity (Wildman–Crippen MR) is 90.4 cm³/mol. The summed E-state index contributed by atoms with van der Waals surface area (Å²) in [7, 11) is 0. The van der Waals surface area contributed by atoms with Crippen LogP contribution in [0.4, 0.5) is 4.79 Å². The lowest BCUT2D eigenvalue weighted by atomic mass is 10.1. The van der Waals surface area contributed by atoms with Gasteiger partial charge in [-0.1, -0.05) is 18.2 Å². The third-order valence-electron chi connectivity index (χ3n) is 4.28. The number of amides is 2. The van der Waals surface area contributed by atoms with E-state index in [0.29, 0.717) is 26.3 Å². The Labute approximate surface area is 142 Å². The van der Waals surface area contributed by atoms with E-state index in [1.165, 1.54) is 5.56 Å². The lowest BCUT2D eigenvalue weighted by molar-refractivity contribution is 0.0168. The van der Waals surface area contributed by atoms with Gasteiger partial charge >= 0.3 is 6.03 Å². The number of fused-ring (bicyclic) bond motifs is 1. The predicted octanol–water partition coefficient (Wildman–Crippen LogP) is 1.88. The molecule has 132 valence electrons. The van der Waals surface area contributed by atoms with E-state index < -0.39 is 0 Å². The van der Waals surface area contributed by atoms with E-state index in [-0.39, 0.29) is 18.2 Å². The van der Waals surface area contributed by atoms with E-state index in [0.717, 1.165) is 38.0 Å². The SMILES string of the molecule is O=C(NCCCOC[C@@H]1CCCO1)NC[C@@H]1Cc2ccccc2O1. The molecular weight excluding hydrogens is 308 g/mol. The van der Waals surface area contributed by atoms with Crippen LogP contribution >= 0.6 is 0 Å². The van der Waals surface area contributed by atoms with Gasteiger partial charge in [0.1, 0.15) is 11.9 Å². The Hall–Kier alpha value is -1.79. The van der Waals surface area contributed by atoms with Crippen LogP contribution in [0.1, 0.15) is 24.8 Å². The molecule has 24 heavy (non-hydrogen) atoms. The van der Waals surface area contributed by atoms with Crippen LogP contribution in [0.5, 0.6) is 5.75 Å². The molecule has 1 fully saturated rings.